The zero-order valence-electron chi connectivity index (χ0n) is 18.4. The molecule has 9 heteroatoms. The number of carboxylic acid groups (broad SMARTS) is 1. The summed E-state index contributed by atoms with van der Waals surface area (Å²) < 4.78 is 10.8. The fourth-order valence-electron chi connectivity index (χ4n) is 3.42. The van der Waals surface area contributed by atoms with Gasteiger partial charge >= 0.3 is 11.9 Å². The summed E-state index contributed by atoms with van der Waals surface area (Å²) in [7, 11) is 5.36. The predicted molar refractivity (Wildman–Crippen MR) is 121 cm³/mol. The second-order valence-electron chi connectivity index (χ2n) is 7.62. The van der Waals surface area contributed by atoms with E-state index in [0.29, 0.717) is 29.4 Å². The van der Waals surface area contributed by atoms with Gasteiger partial charge in [0.2, 0.25) is 0 Å². The molecule has 3 rings (SSSR count). The van der Waals surface area contributed by atoms with Crippen LogP contribution in [-0.2, 0) is 14.3 Å². The molecular formula is C23H26N2O6S. The van der Waals surface area contributed by atoms with Gasteiger partial charge in [-0.05, 0) is 50.0 Å². The van der Waals surface area contributed by atoms with Crippen LogP contribution in [0.3, 0.4) is 0 Å². The highest BCUT2D eigenvalue weighted by atomic mass is 32.2. The Balaban J connectivity index is 2.14. The lowest BCUT2D eigenvalue weighted by Crippen LogP contribution is -2.45. The van der Waals surface area contributed by atoms with Gasteiger partial charge in [0.1, 0.15) is 5.75 Å². The number of esters is 1. The molecule has 0 saturated heterocycles. The van der Waals surface area contributed by atoms with E-state index >= 15 is 0 Å². The van der Waals surface area contributed by atoms with Crippen molar-refractivity contribution in [2.45, 2.75) is 23.2 Å². The van der Waals surface area contributed by atoms with Gasteiger partial charge in [-0.15, -0.1) is 11.8 Å². The lowest BCUT2D eigenvalue weighted by Gasteiger charge is -2.28. The maximum atomic E-state index is 13.7. The van der Waals surface area contributed by atoms with E-state index in [0.717, 1.165) is 5.56 Å². The van der Waals surface area contributed by atoms with Crippen LogP contribution in [0.4, 0.5) is 5.69 Å². The molecule has 0 aliphatic carbocycles. The summed E-state index contributed by atoms with van der Waals surface area (Å²) in [6, 6.07) is 11.9. The van der Waals surface area contributed by atoms with Crippen LogP contribution in [0.5, 0.6) is 5.75 Å². The van der Waals surface area contributed by atoms with Gasteiger partial charge in [0.25, 0.3) is 5.91 Å². The molecule has 32 heavy (non-hydrogen) atoms. The largest absolute Gasteiger partial charge is 0.497 e. The number of nitrogens with zero attached hydrogens (tertiary/aromatic N) is 2. The minimum Gasteiger partial charge on any atom is -0.497 e. The highest BCUT2D eigenvalue weighted by Gasteiger charge is 2.41. The Bertz CT molecular complexity index is 1010. The van der Waals surface area contributed by atoms with Gasteiger partial charge in [0, 0.05) is 24.9 Å². The Kier molecular flexibility index (Phi) is 7.42. The average Bonchev–Trinajstić information content (AvgIpc) is 2.86. The van der Waals surface area contributed by atoms with E-state index in [-0.39, 0.29) is 11.5 Å². The summed E-state index contributed by atoms with van der Waals surface area (Å²) in [6.45, 7) is 2.21. The van der Waals surface area contributed by atoms with Crippen LogP contribution in [0, 0.1) is 0 Å². The highest BCUT2D eigenvalue weighted by molar-refractivity contribution is 7.99. The quantitative estimate of drug-likeness (QED) is 0.633. The van der Waals surface area contributed by atoms with Gasteiger partial charge in [0.05, 0.1) is 23.6 Å². The molecule has 0 bridgehead atoms. The van der Waals surface area contributed by atoms with Crippen LogP contribution in [0.1, 0.15) is 28.1 Å². The van der Waals surface area contributed by atoms with Crippen LogP contribution in [0.2, 0.25) is 0 Å². The topological polar surface area (TPSA) is 96.4 Å². The first kappa shape index (κ1) is 23.6. The van der Waals surface area contributed by atoms with Crippen molar-refractivity contribution in [3.05, 3.63) is 53.6 Å². The first-order chi connectivity index (χ1) is 15.2. The number of carbonyl (C=O) groups is 3. The number of fused-ring (bicyclic) bond motifs is 1. The van der Waals surface area contributed by atoms with E-state index < -0.39 is 23.3 Å². The van der Waals surface area contributed by atoms with Crippen LogP contribution >= 0.6 is 11.8 Å². The standard InChI is InChI=1S/C23H26N2O6S/c1-14(26)31-20-21(15-5-8-17(30-4)9-6-15)32-19-13-16(23(28)29)7-10-18(19)25(22(20)27)12-11-24(2)3/h5-10,13,20-21H,11-12H2,1-4H3,(H,28,29). The number of carbonyl (C=O) groups excluding carboxylic acids is 2. The fraction of sp³-hybridized carbons (Fsp3) is 0.348. The molecule has 1 N–H and O–H groups in total. The molecular weight excluding hydrogens is 432 g/mol. The first-order valence-corrected chi connectivity index (χ1v) is 10.9. The highest BCUT2D eigenvalue weighted by Crippen LogP contribution is 2.47. The number of anilines is 1. The zero-order chi connectivity index (χ0) is 23.4. The number of carboxylic acids is 1. The molecule has 0 fully saturated rings. The van der Waals surface area contributed by atoms with Crippen molar-refractivity contribution in [3.8, 4) is 5.75 Å². The molecule has 170 valence electrons. The van der Waals surface area contributed by atoms with Crippen molar-refractivity contribution >= 4 is 35.3 Å². The number of aromatic carboxylic acids is 1. The van der Waals surface area contributed by atoms with Gasteiger partial charge in [-0.2, -0.15) is 0 Å². The van der Waals surface area contributed by atoms with Crippen molar-refractivity contribution in [2.75, 3.05) is 39.2 Å². The molecule has 2 unspecified atom stereocenters. The van der Waals surface area contributed by atoms with Crippen molar-refractivity contribution in [3.63, 3.8) is 0 Å². The number of hydrogen-bond acceptors (Lipinski definition) is 7. The van der Waals surface area contributed by atoms with Crippen LogP contribution in [0.25, 0.3) is 0 Å². The molecule has 0 aromatic heterocycles. The third kappa shape index (κ3) is 5.23. The molecule has 0 radical (unpaired) electrons. The number of ether oxygens (including phenoxy) is 2. The zero-order valence-corrected chi connectivity index (χ0v) is 19.2. The van der Waals surface area contributed by atoms with Gasteiger partial charge in [0.15, 0.2) is 6.10 Å². The van der Waals surface area contributed by atoms with Crippen molar-refractivity contribution < 1.29 is 29.0 Å². The maximum Gasteiger partial charge on any atom is 0.335 e. The Morgan fingerprint density at radius 2 is 1.84 bits per heavy atom. The van der Waals surface area contributed by atoms with Gasteiger partial charge in [-0.1, -0.05) is 12.1 Å². The first-order valence-electron chi connectivity index (χ1n) is 10.0. The van der Waals surface area contributed by atoms with E-state index in [1.54, 1.807) is 36.3 Å². The second kappa shape index (κ2) is 10.1. The van der Waals surface area contributed by atoms with Gasteiger partial charge < -0.3 is 24.4 Å². The Labute approximate surface area is 191 Å². The SMILES string of the molecule is COc1ccc(C2Sc3cc(C(=O)O)ccc3N(CCN(C)C)C(=O)C2OC(C)=O)cc1. The van der Waals surface area contributed by atoms with E-state index in [4.69, 9.17) is 9.47 Å². The summed E-state index contributed by atoms with van der Waals surface area (Å²) >= 11 is 1.31. The van der Waals surface area contributed by atoms with Crippen molar-refractivity contribution in [1.29, 1.82) is 0 Å². The molecule has 2 aromatic rings. The summed E-state index contributed by atoms with van der Waals surface area (Å²) in [5, 5.41) is 8.92. The van der Waals surface area contributed by atoms with E-state index in [9.17, 15) is 19.5 Å². The third-order valence-corrected chi connectivity index (χ3v) is 6.40. The molecule has 0 saturated carbocycles. The molecule has 1 aliphatic heterocycles. The minimum absolute atomic E-state index is 0.121. The number of likely N-dealkylation sites (N-methyl/N-ethyl adjacent to an activating group) is 1. The summed E-state index contributed by atoms with van der Waals surface area (Å²) in [5.41, 5.74) is 1.48. The lowest BCUT2D eigenvalue weighted by atomic mass is 10.1. The molecule has 1 amide bonds. The molecule has 8 nitrogen and oxygen atoms in total. The summed E-state index contributed by atoms with van der Waals surface area (Å²) in [4.78, 5) is 41.3. The predicted octanol–water partition coefficient (Wildman–Crippen LogP) is 3.07. The number of methoxy groups -OCH3 is 1. The Morgan fingerprint density at radius 3 is 2.41 bits per heavy atom. The average molecular weight is 459 g/mol. The lowest BCUT2D eigenvalue weighted by molar-refractivity contribution is -0.152. The van der Waals surface area contributed by atoms with E-state index in [1.165, 1.54) is 24.8 Å². The third-order valence-electron chi connectivity index (χ3n) is 5.04. The van der Waals surface area contributed by atoms with Crippen LogP contribution in [0.15, 0.2) is 47.4 Å². The smallest absolute Gasteiger partial charge is 0.335 e. The fourth-order valence-corrected chi connectivity index (χ4v) is 4.78. The molecule has 2 atom stereocenters. The number of rotatable bonds is 7. The second-order valence-corrected chi connectivity index (χ2v) is 8.81. The normalized spacial score (nSPS) is 18.2. The number of thioether (sulfide) groups is 1. The van der Waals surface area contributed by atoms with Crippen molar-refractivity contribution in [1.82, 2.24) is 4.90 Å². The van der Waals surface area contributed by atoms with E-state index in [1.807, 2.05) is 31.1 Å². The summed E-state index contributed by atoms with van der Waals surface area (Å²) in [5.74, 6) is -1.31. The monoisotopic (exact) mass is 458 g/mol. The maximum absolute atomic E-state index is 13.7. The number of benzene rings is 2. The van der Waals surface area contributed by atoms with Gasteiger partial charge in [-0.25, -0.2) is 4.79 Å². The van der Waals surface area contributed by atoms with Gasteiger partial charge in [-0.3, -0.25) is 9.59 Å². The molecule has 2 aromatic carbocycles. The number of hydrogen-bond donors (Lipinski definition) is 1. The Hall–Kier alpha value is -3.04. The van der Waals surface area contributed by atoms with Crippen LogP contribution in [-0.4, -0.2) is 68.3 Å². The Morgan fingerprint density at radius 1 is 1.16 bits per heavy atom. The molecule has 1 aliphatic rings. The summed E-state index contributed by atoms with van der Waals surface area (Å²) in [6.07, 6.45) is -1.08. The van der Waals surface area contributed by atoms with Crippen molar-refractivity contribution in [2.24, 2.45) is 0 Å². The molecule has 0 spiro atoms. The van der Waals surface area contributed by atoms with Crippen LogP contribution < -0.4 is 9.64 Å². The molecule has 1 heterocycles. The minimum atomic E-state index is -1.08. The van der Waals surface area contributed by atoms with E-state index in [2.05, 4.69) is 0 Å². The number of amides is 1.